The van der Waals surface area contributed by atoms with Gasteiger partial charge in [0.2, 0.25) is 0 Å². The summed E-state index contributed by atoms with van der Waals surface area (Å²) in [5.74, 6) is -0.721. The Labute approximate surface area is 190 Å². The molecule has 3 rings (SSSR count). The van der Waals surface area contributed by atoms with E-state index in [-0.39, 0.29) is 15.6 Å². The van der Waals surface area contributed by atoms with E-state index in [1.165, 1.54) is 67.9 Å². The van der Waals surface area contributed by atoms with Gasteiger partial charge in [-0.2, -0.15) is 5.10 Å². The highest BCUT2D eigenvalue weighted by Gasteiger charge is 2.27. The van der Waals surface area contributed by atoms with E-state index < -0.39 is 28.3 Å². The molecule has 1 amide bonds. The molecule has 0 saturated heterocycles. The SMILES string of the molecule is COc1ccc(N(CC(=O)N/N=C\c2ccc(F)cc2)S(=O)(=O)c2ccccc2)cc1Cl. The van der Waals surface area contributed by atoms with Crippen molar-refractivity contribution in [2.24, 2.45) is 5.10 Å². The van der Waals surface area contributed by atoms with Crippen LogP contribution in [0.3, 0.4) is 0 Å². The van der Waals surface area contributed by atoms with Crippen molar-refractivity contribution in [1.29, 1.82) is 0 Å². The number of ether oxygens (including phenoxy) is 1. The third-order valence-electron chi connectivity index (χ3n) is 4.31. The van der Waals surface area contributed by atoms with E-state index in [9.17, 15) is 17.6 Å². The number of hydrazone groups is 1. The lowest BCUT2D eigenvalue weighted by Crippen LogP contribution is -2.39. The Morgan fingerprint density at radius 3 is 2.44 bits per heavy atom. The highest BCUT2D eigenvalue weighted by Crippen LogP contribution is 2.31. The van der Waals surface area contributed by atoms with Crippen molar-refractivity contribution in [3.05, 3.63) is 89.2 Å². The maximum absolute atomic E-state index is 13.3. The second-order valence-corrected chi connectivity index (χ2v) is 8.76. The van der Waals surface area contributed by atoms with E-state index in [2.05, 4.69) is 10.5 Å². The van der Waals surface area contributed by atoms with Crippen molar-refractivity contribution in [3.8, 4) is 5.75 Å². The first-order valence-electron chi connectivity index (χ1n) is 9.30. The Morgan fingerprint density at radius 2 is 1.81 bits per heavy atom. The summed E-state index contributed by atoms with van der Waals surface area (Å²) in [6, 6.07) is 17.6. The quantitative estimate of drug-likeness (QED) is 0.396. The number of halogens is 2. The molecule has 0 fully saturated rings. The average Bonchev–Trinajstić information content (AvgIpc) is 2.79. The van der Waals surface area contributed by atoms with Gasteiger partial charge < -0.3 is 4.74 Å². The fourth-order valence-corrected chi connectivity index (χ4v) is 4.42. The fourth-order valence-electron chi connectivity index (χ4n) is 2.74. The molecule has 7 nitrogen and oxygen atoms in total. The summed E-state index contributed by atoms with van der Waals surface area (Å²) in [6.07, 6.45) is 1.32. The molecule has 3 aromatic rings. The number of carbonyl (C=O) groups is 1. The minimum Gasteiger partial charge on any atom is -0.495 e. The topological polar surface area (TPSA) is 88.1 Å². The Kier molecular flexibility index (Phi) is 7.45. The molecule has 0 aliphatic rings. The summed E-state index contributed by atoms with van der Waals surface area (Å²) in [5.41, 5.74) is 3.02. The summed E-state index contributed by atoms with van der Waals surface area (Å²) < 4.78 is 45.5. The van der Waals surface area contributed by atoms with Gasteiger partial charge in [-0.25, -0.2) is 18.2 Å². The molecular formula is C22H19ClFN3O4S. The average molecular weight is 476 g/mol. The van der Waals surface area contributed by atoms with Crippen LogP contribution in [-0.4, -0.2) is 34.2 Å². The predicted octanol–water partition coefficient (Wildman–Crippen LogP) is 3.83. The molecule has 0 aliphatic heterocycles. The highest BCUT2D eigenvalue weighted by molar-refractivity contribution is 7.92. The second-order valence-electron chi connectivity index (χ2n) is 6.49. The molecule has 0 aromatic heterocycles. The van der Waals surface area contributed by atoms with Crippen molar-refractivity contribution < 1.29 is 22.3 Å². The van der Waals surface area contributed by atoms with Crippen LogP contribution in [0.4, 0.5) is 10.1 Å². The molecule has 0 saturated carbocycles. The second kappa shape index (κ2) is 10.3. The number of anilines is 1. The Balaban J connectivity index is 1.86. The van der Waals surface area contributed by atoms with Crippen molar-refractivity contribution in [1.82, 2.24) is 5.43 Å². The Morgan fingerprint density at radius 1 is 1.12 bits per heavy atom. The zero-order valence-corrected chi connectivity index (χ0v) is 18.5. The summed E-state index contributed by atoms with van der Waals surface area (Å²) in [5, 5.41) is 3.99. The smallest absolute Gasteiger partial charge is 0.264 e. The number of sulfonamides is 1. The van der Waals surface area contributed by atoms with Crippen LogP contribution in [0.1, 0.15) is 5.56 Å². The minimum atomic E-state index is -4.09. The molecule has 0 atom stereocenters. The lowest BCUT2D eigenvalue weighted by Gasteiger charge is -2.24. The van der Waals surface area contributed by atoms with E-state index >= 15 is 0 Å². The van der Waals surface area contributed by atoms with Crippen molar-refractivity contribution in [3.63, 3.8) is 0 Å². The molecule has 0 spiro atoms. The molecule has 0 aliphatic carbocycles. The third-order valence-corrected chi connectivity index (χ3v) is 6.40. The van der Waals surface area contributed by atoms with Crippen LogP contribution in [0.2, 0.25) is 5.02 Å². The van der Waals surface area contributed by atoms with Gasteiger partial charge in [-0.3, -0.25) is 9.10 Å². The molecule has 0 unspecified atom stereocenters. The van der Waals surface area contributed by atoms with Crippen molar-refractivity contribution >= 4 is 39.4 Å². The predicted molar refractivity (Wildman–Crippen MR) is 121 cm³/mol. The summed E-state index contributed by atoms with van der Waals surface area (Å²) in [4.78, 5) is 12.5. The van der Waals surface area contributed by atoms with E-state index in [0.717, 1.165) is 4.31 Å². The molecule has 0 bridgehead atoms. The Hall–Kier alpha value is -3.43. The van der Waals surface area contributed by atoms with E-state index in [1.807, 2.05) is 0 Å². The third kappa shape index (κ3) is 5.63. The lowest BCUT2D eigenvalue weighted by molar-refractivity contribution is -0.119. The highest BCUT2D eigenvalue weighted by atomic mass is 35.5. The lowest BCUT2D eigenvalue weighted by atomic mass is 10.2. The number of nitrogens with one attached hydrogen (secondary N) is 1. The first kappa shape index (κ1) is 23.2. The number of methoxy groups -OCH3 is 1. The van der Waals surface area contributed by atoms with Crippen LogP contribution >= 0.6 is 11.6 Å². The monoisotopic (exact) mass is 475 g/mol. The van der Waals surface area contributed by atoms with Crippen LogP contribution < -0.4 is 14.5 Å². The summed E-state index contributed by atoms with van der Waals surface area (Å²) in [6.45, 7) is -0.555. The summed E-state index contributed by atoms with van der Waals surface area (Å²) in [7, 11) is -2.65. The van der Waals surface area contributed by atoms with Crippen LogP contribution in [0.15, 0.2) is 82.8 Å². The summed E-state index contributed by atoms with van der Waals surface area (Å²) >= 11 is 6.17. The van der Waals surface area contributed by atoms with E-state index in [0.29, 0.717) is 11.3 Å². The first-order chi connectivity index (χ1) is 15.3. The zero-order valence-electron chi connectivity index (χ0n) is 16.9. The number of carbonyl (C=O) groups excluding carboxylic acids is 1. The van der Waals surface area contributed by atoms with Gasteiger partial charge in [0.25, 0.3) is 15.9 Å². The van der Waals surface area contributed by atoms with Crippen LogP contribution in [0.25, 0.3) is 0 Å². The molecule has 1 N–H and O–H groups in total. The van der Waals surface area contributed by atoms with Gasteiger partial charge in [-0.05, 0) is 48.0 Å². The molecule has 166 valence electrons. The first-order valence-corrected chi connectivity index (χ1v) is 11.1. The van der Waals surface area contributed by atoms with E-state index in [4.69, 9.17) is 16.3 Å². The van der Waals surface area contributed by atoms with Gasteiger partial charge in [-0.15, -0.1) is 0 Å². The molecule has 3 aromatic carbocycles. The fraction of sp³-hybridized carbons (Fsp3) is 0.0909. The number of hydrogen-bond acceptors (Lipinski definition) is 5. The van der Waals surface area contributed by atoms with Crippen LogP contribution in [-0.2, 0) is 14.8 Å². The molecule has 0 radical (unpaired) electrons. The van der Waals surface area contributed by atoms with E-state index in [1.54, 1.807) is 18.2 Å². The number of hydrogen-bond donors (Lipinski definition) is 1. The largest absolute Gasteiger partial charge is 0.495 e. The van der Waals surface area contributed by atoms with Gasteiger partial charge in [-0.1, -0.05) is 41.9 Å². The zero-order chi connectivity index (χ0) is 23.1. The van der Waals surface area contributed by atoms with Gasteiger partial charge in [0.05, 0.1) is 28.9 Å². The normalized spacial score (nSPS) is 11.3. The van der Waals surface area contributed by atoms with Crippen LogP contribution in [0, 0.1) is 5.82 Å². The standard InChI is InChI=1S/C22H19ClFN3O4S/c1-31-21-12-11-18(13-20(21)23)27(32(29,30)19-5-3-2-4-6-19)15-22(28)26-25-14-16-7-9-17(24)10-8-16/h2-14H,15H2,1H3,(H,26,28)/b25-14-. The maximum Gasteiger partial charge on any atom is 0.264 e. The molecule has 0 heterocycles. The number of benzene rings is 3. The number of rotatable bonds is 8. The van der Waals surface area contributed by atoms with Crippen molar-refractivity contribution in [2.45, 2.75) is 4.90 Å². The van der Waals surface area contributed by atoms with Gasteiger partial charge in [0.1, 0.15) is 18.1 Å². The van der Waals surface area contributed by atoms with Crippen molar-refractivity contribution in [2.75, 3.05) is 18.0 Å². The van der Waals surface area contributed by atoms with Gasteiger partial charge in [0, 0.05) is 0 Å². The molecular weight excluding hydrogens is 457 g/mol. The van der Waals surface area contributed by atoms with Crippen LogP contribution in [0.5, 0.6) is 5.75 Å². The number of nitrogens with zero attached hydrogens (tertiary/aromatic N) is 2. The van der Waals surface area contributed by atoms with Gasteiger partial charge in [0.15, 0.2) is 0 Å². The Bertz CT molecular complexity index is 1220. The minimum absolute atomic E-state index is 0.00885. The molecule has 32 heavy (non-hydrogen) atoms. The molecule has 10 heteroatoms. The maximum atomic E-state index is 13.3. The van der Waals surface area contributed by atoms with Gasteiger partial charge >= 0.3 is 0 Å². The number of amides is 1.